The largest absolute Gasteiger partial charge is 0.390 e. The van der Waals surface area contributed by atoms with E-state index in [9.17, 15) is 4.79 Å². The normalized spacial score (nSPS) is 10.6. The summed E-state index contributed by atoms with van der Waals surface area (Å²) in [5.41, 5.74) is 1.47. The van der Waals surface area contributed by atoms with E-state index >= 15 is 0 Å². The summed E-state index contributed by atoms with van der Waals surface area (Å²) in [6, 6.07) is 7.45. The minimum absolute atomic E-state index is 0.0623. The topological polar surface area (TPSA) is 67.1 Å². The number of rotatable bonds is 5. The van der Waals surface area contributed by atoms with Gasteiger partial charge < -0.3 is 15.0 Å². The summed E-state index contributed by atoms with van der Waals surface area (Å²) >= 11 is 4.71. The molecule has 20 heavy (non-hydrogen) atoms. The van der Waals surface area contributed by atoms with E-state index in [1.54, 1.807) is 10.8 Å². The van der Waals surface area contributed by atoms with Crippen molar-refractivity contribution >= 4 is 39.3 Å². The third-order valence-electron chi connectivity index (χ3n) is 2.68. The van der Waals surface area contributed by atoms with Gasteiger partial charge in [0.15, 0.2) is 5.16 Å². The average Bonchev–Trinajstić information content (AvgIpc) is 2.79. The molecule has 0 aliphatic carbocycles. The van der Waals surface area contributed by atoms with Gasteiger partial charge in [0, 0.05) is 11.5 Å². The highest BCUT2D eigenvalue weighted by Crippen LogP contribution is 2.22. The van der Waals surface area contributed by atoms with Crippen molar-refractivity contribution in [1.82, 2.24) is 9.55 Å². The minimum Gasteiger partial charge on any atom is -0.390 e. The standard InChI is InChI=1S/C13H14BrN3O2S/c1-17-9(7-18)6-15-13(17)20-8-12(19)16-11-5-3-2-4-10(11)14/h2-6,18H,7-8H2,1H3,(H,16,19). The van der Waals surface area contributed by atoms with Crippen molar-refractivity contribution in [3.05, 3.63) is 40.6 Å². The third kappa shape index (κ3) is 3.62. The van der Waals surface area contributed by atoms with Gasteiger partial charge in [0.05, 0.1) is 29.9 Å². The fraction of sp³-hybridized carbons (Fsp3) is 0.231. The maximum atomic E-state index is 11.9. The molecule has 0 bridgehead atoms. The lowest BCUT2D eigenvalue weighted by molar-refractivity contribution is -0.113. The molecule has 0 unspecified atom stereocenters. The fourth-order valence-corrected chi connectivity index (χ4v) is 2.74. The Kier molecular flexibility index (Phi) is 5.22. The predicted octanol–water partition coefficient (Wildman–Crippen LogP) is 2.41. The number of para-hydroxylation sites is 1. The van der Waals surface area contributed by atoms with Gasteiger partial charge in [-0.1, -0.05) is 23.9 Å². The van der Waals surface area contributed by atoms with E-state index in [0.29, 0.717) is 5.16 Å². The number of benzene rings is 1. The molecule has 2 aromatic rings. The van der Waals surface area contributed by atoms with Crippen LogP contribution in [0.4, 0.5) is 5.69 Å². The molecule has 7 heteroatoms. The molecule has 1 heterocycles. The van der Waals surface area contributed by atoms with Gasteiger partial charge in [-0.05, 0) is 28.1 Å². The van der Waals surface area contributed by atoms with Gasteiger partial charge in [-0.2, -0.15) is 0 Å². The van der Waals surface area contributed by atoms with Crippen molar-refractivity contribution in [2.24, 2.45) is 7.05 Å². The highest BCUT2D eigenvalue weighted by Gasteiger charge is 2.10. The van der Waals surface area contributed by atoms with Crippen molar-refractivity contribution in [3.8, 4) is 0 Å². The van der Waals surface area contributed by atoms with Crippen molar-refractivity contribution < 1.29 is 9.90 Å². The number of aromatic nitrogens is 2. The molecule has 0 atom stereocenters. The third-order valence-corrected chi connectivity index (χ3v) is 4.42. The molecular weight excluding hydrogens is 342 g/mol. The molecule has 1 amide bonds. The van der Waals surface area contributed by atoms with Gasteiger partial charge in [-0.25, -0.2) is 4.98 Å². The molecule has 0 saturated heterocycles. The molecule has 106 valence electrons. The maximum Gasteiger partial charge on any atom is 0.234 e. The van der Waals surface area contributed by atoms with Crippen LogP contribution in [0.5, 0.6) is 0 Å². The summed E-state index contributed by atoms with van der Waals surface area (Å²) in [5.74, 6) is 0.160. The molecule has 0 spiro atoms. The highest BCUT2D eigenvalue weighted by molar-refractivity contribution is 9.10. The second kappa shape index (κ2) is 6.92. The van der Waals surface area contributed by atoms with E-state index in [2.05, 4.69) is 26.2 Å². The van der Waals surface area contributed by atoms with Crippen LogP contribution >= 0.6 is 27.7 Å². The molecule has 0 aliphatic heterocycles. The van der Waals surface area contributed by atoms with Crippen LogP contribution in [0.15, 0.2) is 40.1 Å². The van der Waals surface area contributed by atoms with Crippen molar-refractivity contribution in [3.63, 3.8) is 0 Å². The second-order valence-corrected chi connectivity index (χ2v) is 5.86. The Balaban J connectivity index is 1.92. The van der Waals surface area contributed by atoms with E-state index in [-0.39, 0.29) is 18.3 Å². The summed E-state index contributed by atoms with van der Waals surface area (Å²) in [5, 5.41) is 12.6. The summed E-state index contributed by atoms with van der Waals surface area (Å²) in [4.78, 5) is 16.0. The number of nitrogens with zero attached hydrogens (tertiary/aromatic N) is 2. The Morgan fingerprint density at radius 3 is 2.90 bits per heavy atom. The lowest BCUT2D eigenvalue weighted by Crippen LogP contribution is -2.14. The van der Waals surface area contributed by atoms with Gasteiger partial charge >= 0.3 is 0 Å². The zero-order valence-electron chi connectivity index (χ0n) is 10.8. The van der Waals surface area contributed by atoms with Crippen LogP contribution in [0.25, 0.3) is 0 Å². The highest BCUT2D eigenvalue weighted by atomic mass is 79.9. The average molecular weight is 356 g/mol. The van der Waals surface area contributed by atoms with Crippen LogP contribution < -0.4 is 5.32 Å². The number of thioether (sulfide) groups is 1. The zero-order valence-corrected chi connectivity index (χ0v) is 13.2. The number of aliphatic hydroxyl groups is 1. The molecule has 0 radical (unpaired) electrons. The fourth-order valence-electron chi connectivity index (χ4n) is 1.59. The van der Waals surface area contributed by atoms with Crippen LogP contribution in [0.2, 0.25) is 0 Å². The first-order valence-electron chi connectivity index (χ1n) is 5.90. The van der Waals surface area contributed by atoms with E-state index < -0.39 is 0 Å². The summed E-state index contributed by atoms with van der Waals surface area (Å²) in [6.45, 7) is -0.0623. The van der Waals surface area contributed by atoms with E-state index in [1.165, 1.54) is 11.8 Å². The van der Waals surface area contributed by atoms with Crippen molar-refractivity contribution in [2.45, 2.75) is 11.8 Å². The number of carbonyl (C=O) groups is 1. The monoisotopic (exact) mass is 355 g/mol. The van der Waals surface area contributed by atoms with Gasteiger partial charge in [0.1, 0.15) is 0 Å². The van der Waals surface area contributed by atoms with E-state index in [0.717, 1.165) is 15.9 Å². The zero-order chi connectivity index (χ0) is 14.5. The lowest BCUT2D eigenvalue weighted by atomic mass is 10.3. The number of imidazole rings is 1. The molecule has 5 nitrogen and oxygen atoms in total. The van der Waals surface area contributed by atoms with Crippen LogP contribution in [0, 0.1) is 0 Å². The molecule has 0 saturated carbocycles. The Morgan fingerprint density at radius 1 is 1.50 bits per heavy atom. The quantitative estimate of drug-likeness (QED) is 0.808. The number of amides is 1. The van der Waals surface area contributed by atoms with Gasteiger partial charge in [-0.3, -0.25) is 4.79 Å². The van der Waals surface area contributed by atoms with Gasteiger partial charge in [-0.15, -0.1) is 0 Å². The molecule has 2 N–H and O–H groups in total. The molecule has 0 aliphatic rings. The number of aliphatic hydroxyl groups excluding tert-OH is 1. The van der Waals surface area contributed by atoms with Crippen LogP contribution in [-0.4, -0.2) is 26.3 Å². The van der Waals surface area contributed by atoms with Crippen LogP contribution in [-0.2, 0) is 18.4 Å². The number of hydrogen-bond acceptors (Lipinski definition) is 4. The Bertz CT molecular complexity index is 615. The first kappa shape index (κ1) is 15.1. The number of anilines is 1. The maximum absolute atomic E-state index is 11.9. The van der Waals surface area contributed by atoms with Crippen LogP contribution in [0.3, 0.4) is 0 Å². The second-order valence-electron chi connectivity index (χ2n) is 4.07. The Labute approximate surface area is 129 Å². The number of nitrogens with one attached hydrogen (secondary N) is 1. The SMILES string of the molecule is Cn1c(CO)cnc1SCC(=O)Nc1ccccc1Br. The number of halogens is 1. The predicted molar refractivity (Wildman–Crippen MR) is 82.6 cm³/mol. The van der Waals surface area contributed by atoms with E-state index in [1.807, 2.05) is 31.3 Å². The Morgan fingerprint density at radius 2 is 2.25 bits per heavy atom. The Hall–Kier alpha value is -1.31. The molecule has 0 fully saturated rings. The summed E-state index contributed by atoms with van der Waals surface area (Å²) in [6.07, 6.45) is 1.61. The summed E-state index contributed by atoms with van der Waals surface area (Å²) in [7, 11) is 1.81. The summed E-state index contributed by atoms with van der Waals surface area (Å²) < 4.78 is 2.62. The van der Waals surface area contributed by atoms with Gasteiger partial charge in [0.25, 0.3) is 0 Å². The number of carbonyl (C=O) groups excluding carboxylic acids is 1. The van der Waals surface area contributed by atoms with Crippen molar-refractivity contribution in [1.29, 1.82) is 0 Å². The smallest absolute Gasteiger partial charge is 0.234 e. The van der Waals surface area contributed by atoms with Gasteiger partial charge in [0.2, 0.25) is 5.91 Å². The molecule has 1 aromatic carbocycles. The van der Waals surface area contributed by atoms with Crippen LogP contribution in [0.1, 0.15) is 5.69 Å². The number of hydrogen-bond donors (Lipinski definition) is 2. The minimum atomic E-state index is -0.101. The first-order valence-corrected chi connectivity index (χ1v) is 7.68. The molecular formula is C13H14BrN3O2S. The lowest BCUT2D eigenvalue weighted by Gasteiger charge is -2.07. The van der Waals surface area contributed by atoms with E-state index in [4.69, 9.17) is 5.11 Å². The first-order chi connectivity index (χ1) is 9.61. The molecule has 2 rings (SSSR count). The molecule has 1 aromatic heterocycles. The van der Waals surface area contributed by atoms with Crippen molar-refractivity contribution in [2.75, 3.05) is 11.1 Å².